The third-order valence-electron chi connectivity index (χ3n) is 4.56. The van der Waals surface area contributed by atoms with E-state index in [4.69, 9.17) is 13.9 Å². The van der Waals surface area contributed by atoms with Crippen LogP contribution in [0.25, 0.3) is 0 Å². The van der Waals surface area contributed by atoms with Crippen LogP contribution in [0.3, 0.4) is 0 Å². The number of amides is 2. The van der Waals surface area contributed by atoms with Gasteiger partial charge in [-0.1, -0.05) is 6.07 Å². The van der Waals surface area contributed by atoms with E-state index in [2.05, 4.69) is 0 Å². The summed E-state index contributed by atoms with van der Waals surface area (Å²) in [4.78, 5) is 25.2. The van der Waals surface area contributed by atoms with Crippen molar-refractivity contribution >= 4 is 11.8 Å². The van der Waals surface area contributed by atoms with E-state index in [9.17, 15) is 9.59 Å². The van der Waals surface area contributed by atoms with Gasteiger partial charge in [0, 0.05) is 25.9 Å². The summed E-state index contributed by atoms with van der Waals surface area (Å²) in [6, 6.07) is 9.13. The van der Waals surface area contributed by atoms with Crippen LogP contribution >= 0.6 is 0 Å². The number of aryl methyl sites for hydroxylation is 1. The van der Waals surface area contributed by atoms with Crippen molar-refractivity contribution in [3.05, 3.63) is 47.9 Å². The lowest BCUT2D eigenvalue weighted by Gasteiger charge is -2.28. The molecule has 1 aromatic heterocycles. The lowest BCUT2D eigenvalue weighted by atomic mass is 10.1. The molecule has 0 N–H and O–H groups in total. The summed E-state index contributed by atoms with van der Waals surface area (Å²) in [5.41, 5.74) is 0.842. The predicted molar refractivity (Wildman–Crippen MR) is 91.3 cm³/mol. The molecule has 2 aromatic rings. The monoisotopic (exact) mass is 356 g/mol. The van der Waals surface area contributed by atoms with Crippen molar-refractivity contribution in [3.63, 3.8) is 0 Å². The number of hydrogen-bond acceptors (Lipinski definition) is 5. The molecule has 3 heterocycles. The number of nitrogens with zero attached hydrogens (tertiary/aromatic N) is 2. The van der Waals surface area contributed by atoms with Gasteiger partial charge in [-0.3, -0.25) is 19.6 Å². The zero-order chi connectivity index (χ0) is 17.9. The summed E-state index contributed by atoms with van der Waals surface area (Å²) in [6.45, 7) is 1.34. The van der Waals surface area contributed by atoms with Crippen LogP contribution in [0.5, 0.6) is 11.5 Å². The molecule has 0 saturated carbocycles. The van der Waals surface area contributed by atoms with Gasteiger partial charge in [0.25, 0.3) is 0 Å². The second-order valence-electron chi connectivity index (χ2n) is 6.33. The quantitative estimate of drug-likeness (QED) is 0.821. The first-order chi connectivity index (χ1) is 12.7. The van der Waals surface area contributed by atoms with Crippen molar-refractivity contribution in [3.8, 4) is 11.5 Å². The van der Waals surface area contributed by atoms with Crippen LogP contribution in [0.4, 0.5) is 0 Å². The number of furan rings is 1. The van der Waals surface area contributed by atoms with E-state index in [-0.39, 0.29) is 25.0 Å². The maximum absolute atomic E-state index is 12.7. The molecule has 1 saturated heterocycles. The van der Waals surface area contributed by atoms with Gasteiger partial charge >= 0.3 is 0 Å². The minimum atomic E-state index is -0.0901. The number of hydrazine groups is 1. The zero-order valence-electron chi connectivity index (χ0n) is 14.3. The van der Waals surface area contributed by atoms with Gasteiger partial charge in [-0.2, -0.15) is 0 Å². The largest absolute Gasteiger partial charge is 0.469 e. The average Bonchev–Trinajstić information content (AvgIpc) is 3.40. The summed E-state index contributed by atoms with van der Waals surface area (Å²) < 4.78 is 15.9. The first-order valence-electron chi connectivity index (χ1n) is 8.72. The third kappa shape index (κ3) is 3.37. The molecule has 1 aromatic carbocycles. The van der Waals surface area contributed by atoms with Crippen LogP contribution in [-0.2, 0) is 22.4 Å². The highest BCUT2D eigenvalue weighted by atomic mass is 16.7. The third-order valence-corrected chi connectivity index (χ3v) is 4.56. The van der Waals surface area contributed by atoms with Gasteiger partial charge in [0.05, 0.1) is 12.7 Å². The summed E-state index contributed by atoms with van der Waals surface area (Å²) in [7, 11) is 0. The lowest BCUT2D eigenvalue weighted by molar-refractivity contribution is -0.157. The van der Waals surface area contributed by atoms with Crippen LogP contribution in [0.1, 0.15) is 24.2 Å². The second-order valence-corrected chi connectivity index (χ2v) is 6.33. The zero-order valence-corrected chi connectivity index (χ0v) is 14.3. The highest BCUT2D eigenvalue weighted by molar-refractivity contribution is 5.84. The van der Waals surface area contributed by atoms with Crippen molar-refractivity contribution in [2.45, 2.75) is 25.7 Å². The first kappa shape index (κ1) is 16.5. The van der Waals surface area contributed by atoms with Gasteiger partial charge in [-0.25, -0.2) is 0 Å². The number of rotatable bonds is 5. The number of carbonyl (C=O) groups excluding carboxylic acids is 2. The molecular weight excluding hydrogens is 336 g/mol. The molecule has 7 heteroatoms. The van der Waals surface area contributed by atoms with Crippen LogP contribution < -0.4 is 9.47 Å². The van der Waals surface area contributed by atoms with Crippen LogP contribution in [0.15, 0.2) is 41.0 Å². The van der Waals surface area contributed by atoms with Crippen molar-refractivity contribution in [2.75, 3.05) is 19.9 Å². The minimum absolute atomic E-state index is 0.0575. The fourth-order valence-corrected chi connectivity index (χ4v) is 3.26. The highest BCUT2D eigenvalue weighted by Gasteiger charge is 2.30. The number of carbonyl (C=O) groups is 2. The van der Waals surface area contributed by atoms with E-state index in [0.717, 1.165) is 17.7 Å². The Balaban J connectivity index is 1.37. The lowest BCUT2D eigenvalue weighted by Crippen LogP contribution is -2.45. The summed E-state index contributed by atoms with van der Waals surface area (Å²) in [6.07, 6.45) is 3.46. The molecular formula is C19H20N2O5. The fraction of sp³-hybridized carbons (Fsp3) is 0.368. The van der Waals surface area contributed by atoms with Crippen molar-refractivity contribution in [1.29, 1.82) is 0 Å². The summed E-state index contributed by atoms with van der Waals surface area (Å²) >= 11 is 0. The van der Waals surface area contributed by atoms with E-state index in [1.807, 2.05) is 18.2 Å². The Morgan fingerprint density at radius 1 is 1.00 bits per heavy atom. The molecule has 2 amide bonds. The Hall–Kier alpha value is -2.96. The van der Waals surface area contributed by atoms with E-state index in [1.54, 1.807) is 28.4 Å². The van der Waals surface area contributed by atoms with E-state index in [0.29, 0.717) is 37.4 Å². The van der Waals surface area contributed by atoms with Gasteiger partial charge < -0.3 is 13.9 Å². The summed E-state index contributed by atoms with van der Waals surface area (Å²) in [5, 5.41) is 3.13. The molecule has 0 unspecified atom stereocenters. The second kappa shape index (κ2) is 7.11. The Bertz CT molecular complexity index is 802. The van der Waals surface area contributed by atoms with Crippen LogP contribution in [0, 0.1) is 0 Å². The van der Waals surface area contributed by atoms with Crippen LogP contribution in [0.2, 0.25) is 0 Å². The molecule has 2 aliphatic rings. The Morgan fingerprint density at radius 3 is 2.62 bits per heavy atom. The predicted octanol–water partition coefficient (Wildman–Crippen LogP) is 2.16. The Morgan fingerprint density at radius 2 is 1.81 bits per heavy atom. The topological polar surface area (TPSA) is 72.2 Å². The minimum Gasteiger partial charge on any atom is -0.469 e. The normalized spacial score (nSPS) is 15.5. The molecule has 0 aliphatic carbocycles. The van der Waals surface area contributed by atoms with E-state index in [1.165, 1.54) is 0 Å². The Labute approximate surface area is 151 Å². The maximum Gasteiger partial charge on any atom is 0.245 e. The Kier molecular flexibility index (Phi) is 4.51. The van der Waals surface area contributed by atoms with Gasteiger partial charge in [0.1, 0.15) is 5.76 Å². The molecule has 0 radical (unpaired) electrons. The van der Waals surface area contributed by atoms with Gasteiger partial charge in [0.15, 0.2) is 11.5 Å². The van der Waals surface area contributed by atoms with Crippen LogP contribution in [-0.4, -0.2) is 41.7 Å². The average molecular weight is 356 g/mol. The highest BCUT2D eigenvalue weighted by Crippen LogP contribution is 2.32. The molecule has 4 rings (SSSR count). The summed E-state index contributed by atoms with van der Waals surface area (Å²) in [5.74, 6) is 1.97. The number of fused-ring (bicyclic) bond motifs is 1. The molecule has 7 nitrogen and oxygen atoms in total. The molecule has 26 heavy (non-hydrogen) atoms. The van der Waals surface area contributed by atoms with Gasteiger partial charge in [-0.05, 0) is 36.2 Å². The van der Waals surface area contributed by atoms with Crippen molar-refractivity contribution < 1.29 is 23.5 Å². The van der Waals surface area contributed by atoms with Gasteiger partial charge in [0.2, 0.25) is 18.6 Å². The number of benzene rings is 1. The smallest absolute Gasteiger partial charge is 0.245 e. The van der Waals surface area contributed by atoms with E-state index < -0.39 is 0 Å². The van der Waals surface area contributed by atoms with Crippen molar-refractivity contribution in [1.82, 2.24) is 10.0 Å². The fourth-order valence-electron chi connectivity index (χ4n) is 3.26. The first-order valence-corrected chi connectivity index (χ1v) is 8.72. The molecule has 136 valence electrons. The van der Waals surface area contributed by atoms with Crippen molar-refractivity contribution in [2.24, 2.45) is 0 Å². The van der Waals surface area contributed by atoms with E-state index >= 15 is 0 Å². The van der Waals surface area contributed by atoms with Gasteiger partial charge in [-0.15, -0.1) is 0 Å². The molecule has 0 spiro atoms. The SMILES string of the molecule is O=C(CCc1ccco1)N1CCCN1C(=O)Cc1ccc2c(c1)OCO2. The molecule has 1 fully saturated rings. The standard InChI is InChI=1S/C19H20N2O5/c22-18(7-5-15-3-1-10-24-15)20-8-2-9-21(20)19(23)12-14-4-6-16-17(11-14)26-13-25-16/h1,3-4,6,10-11H,2,5,7-9,12-13H2. The number of ether oxygens (including phenoxy) is 2. The number of hydrogen-bond donors (Lipinski definition) is 0. The molecule has 2 aliphatic heterocycles. The molecule has 0 bridgehead atoms. The maximum atomic E-state index is 12.7. The molecule has 0 atom stereocenters.